The summed E-state index contributed by atoms with van der Waals surface area (Å²) in [5, 5.41) is 0. The van der Waals surface area contributed by atoms with Gasteiger partial charge in [-0.2, -0.15) is 0 Å². The SMILES string of the molecule is CN(C)[C@H](CN1C(=O)[C@H]2CCCCN2C1=O)c1ccccc1. The van der Waals surface area contributed by atoms with Crippen molar-refractivity contribution in [3.63, 3.8) is 0 Å². The Labute approximate surface area is 131 Å². The summed E-state index contributed by atoms with van der Waals surface area (Å²) in [5.74, 6) is -0.0209. The lowest BCUT2D eigenvalue weighted by Crippen LogP contribution is -2.40. The van der Waals surface area contributed by atoms with E-state index < -0.39 is 0 Å². The first kappa shape index (κ1) is 15.0. The minimum absolute atomic E-state index is 0.0209. The molecule has 3 rings (SSSR count). The Balaban J connectivity index is 1.81. The number of benzene rings is 1. The van der Waals surface area contributed by atoms with E-state index in [1.807, 2.05) is 44.4 Å². The largest absolute Gasteiger partial charge is 0.327 e. The van der Waals surface area contributed by atoms with Crippen LogP contribution in [0.15, 0.2) is 30.3 Å². The Bertz CT molecular complexity index is 534. The minimum atomic E-state index is -0.222. The molecule has 118 valence electrons. The van der Waals surface area contributed by atoms with Crippen molar-refractivity contribution in [2.24, 2.45) is 0 Å². The van der Waals surface area contributed by atoms with Crippen molar-refractivity contribution in [3.8, 4) is 0 Å². The molecule has 0 N–H and O–H groups in total. The maximum absolute atomic E-state index is 12.6. The Morgan fingerprint density at radius 1 is 1.18 bits per heavy atom. The number of imide groups is 1. The lowest BCUT2D eigenvalue weighted by atomic mass is 10.0. The van der Waals surface area contributed by atoms with Crippen LogP contribution in [0.1, 0.15) is 30.9 Å². The van der Waals surface area contributed by atoms with Crippen LogP contribution in [0.2, 0.25) is 0 Å². The summed E-state index contributed by atoms with van der Waals surface area (Å²) >= 11 is 0. The van der Waals surface area contributed by atoms with Crippen LogP contribution in [-0.2, 0) is 4.79 Å². The summed E-state index contributed by atoms with van der Waals surface area (Å²) in [4.78, 5) is 30.4. The highest BCUT2D eigenvalue weighted by atomic mass is 16.2. The maximum atomic E-state index is 12.6. The predicted molar refractivity (Wildman–Crippen MR) is 84.3 cm³/mol. The molecule has 0 radical (unpaired) electrons. The molecule has 0 spiro atoms. The second-order valence-electron chi connectivity index (χ2n) is 6.33. The fourth-order valence-corrected chi connectivity index (χ4v) is 3.43. The normalized spacial score (nSPS) is 23.1. The average molecular weight is 301 g/mol. The molecule has 0 unspecified atom stereocenters. The smallest absolute Gasteiger partial charge is 0.312 e. The number of likely N-dealkylation sites (N-methyl/N-ethyl adjacent to an activating group) is 1. The molecule has 0 saturated carbocycles. The van der Waals surface area contributed by atoms with Gasteiger partial charge in [-0.05, 0) is 38.9 Å². The molecule has 0 bridgehead atoms. The van der Waals surface area contributed by atoms with Crippen molar-refractivity contribution in [2.75, 3.05) is 27.2 Å². The van der Waals surface area contributed by atoms with E-state index in [2.05, 4.69) is 4.90 Å². The van der Waals surface area contributed by atoms with Crippen molar-refractivity contribution in [2.45, 2.75) is 31.3 Å². The zero-order chi connectivity index (χ0) is 15.7. The summed E-state index contributed by atoms with van der Waals surface area (Å²) in [6.07, 6.45) is 2.84. The van der Waals surface area contributed by atoms with Crippen molar-refractivity contribution in [3.05, 3.63) is 35.9 Å². The molecule has 5 heteroatoms. The first-order valence-corrected chi connectivity index (χ1v) is 7.93. The highest BCUT2D eigenvalue weighted by Crippen LogP contribution is 2.29. The third-order valence-corrected chi connectivity index (χ3v) is 4.69. The fourth-order valence-electron chi connectivity index (χ4n) is 3.43. The number of fused-ring (bicyclic) bond motifs is 1. The van der Waals surface area contributed by atoms with E-state index in [4.69, 9.17) is 0 Å². The van der Waals surface area contributed by atoms with E-state index in [1.54, 1.807) is 4.90 Å². The molecule has 1 aromatic carbocycles. The Hall–Kier alpha value is -1.88. The molecule has 0 aromatic heterocycles. The molecule has 0 aliphatic carbocycles. The van der Waals surface area contributed by atoms with Crippen LogP contribution in [0.4, 0.5) is 4.79 Å². The van der Waals surface area contributed by atoms with Gasteiger partial charge >= 0.3 is 6.03 Å². The third-order valence-electron chi connectivity index (χ3n) is 4.69. The predicted octanol–water partition coefficient (Wildman–Crippen LogP) is 2.11. The molecule has 2 fully saturated rings. The van der Waals surface area contributed by atoms with Gasteiger partial charge in [0.25, 0.3) is 5.91 Å². The van der Waals surface area contributed by atoms with E-state index in [0.29, 0.717) is 13.1 Å². The number of rotatable bonds is 4. The van der Waals surface area contributed by atoms with Gasteiger partial charge in [0.2, 0.25) is 0 Å². The Kier molecular flexibility index (Phi) is 4.16. The molecule has 1 aromatic rings. The van der Waals surface area contributed by atoms with Gasteiger partial charge in [-0.25, -0.2) is 4.79 Å². The van der Waals surface area contributed by atoms with Gasteiger partial charge in [0, 0.05) is 6.54 Å². The van der Waals surface area contributed by atoms with Gasteiger partial charge < -0.3 is 9.80 Å². The monoisotopic (exact) mass is 301 g/mol. The number of hydrogen-bond donors (Lipinski definition) is 0. The summed E-state index contributed by atoms with van der Waals surface area (Å²) in [6.45, 7) is 1.13. The molecule has 5 nitrogen and oxygen atoms in total. The van der Waals surface area contributed by atoms with Crippen LogP contribution in [0.25, 0.3) is 0 Å². The van der Waals surface area contributed by atoms with E-state index in [0.717, 1.165) is 24.8 Å². The highest BCUT2D eigenvalue weighted by Gasteiger charge is 2.46. The number of piperidine rings is 1. The minimum Gasteiger partial charge on any atom is -0.312 e. The number of amides is 3. The fraction of sp³-hybridized carbons (Fsp3) is 0.529. The van der Waals surface area contributed by atoms with Gasteiger partial charge in [-0.15, -0.1) is 0 Å². The van der Waals surface area contributed by atoms with Crippen LogP contribution >= 0.6 is 0 Å². The summed E-state index contributed by atoms with van der Waals surface area (Å²) in [6, 6.07) is 9.73. The van der Waals surface area contributed by atoms with Crippen LogP contribution in [-0.4, -0.2) is 59.9 Å². The molecule has 22 heavy (non-hydrogen) atoms. The lowest BCUT2D eigenvalue weighted by Gasteiger charge is -2.28. The van der Waals surface area contributed by atoms with Crippen LogP contribution in [0.5, 0.6) is 0 Å². The number of urea groups is 1. The lowest BCUT2D eigenvalue weighted by molar-refractivity contribution is -0.129. The quantitative estimate of drug-likeness (QED) is 0.800. The van der Waals surface area contributed by atoms with E-state index in [9.17, 15) is 9.59 Å². The van der Waals surface area contributed by atoms with E-state index >= 15 is 0 Å². The zero-order valence-corrected chi connectivity index (χ0v) is 13.2. The topological polar surface area (TPSA) is 43.9 Å². The first-order valence-electron chi connectivity index (χ1n) is 7.93. The van der Waals surface area contributed by atoms with Gasteiger partial charge in [-0.1, -0.05) is 30.3 Å². The summed E-state index contributed by atoms with van der Waals surface area (Å²) in [7, 11) is 3.96. The van der Waals surface area contributed by atoms with Gasteiger partial charge in [0.15, 0.2) is 0 Å². The molecule has 2 saturated heterocycles. The van der Waals surface area contributed by atoms with Crippen LogP contribution in [0, 0.1) is 0 Å². The molecule has 2 atom stereocenters. The van der Waals surface area contributed by atoms with Gasteiger partial charge in [0.05, 0.1) is 12.6 Å². The molecular formula is C17H23N3O2. The Morgan fingerprint density at radius 2 is 1.91 bits per heavy atom. The number of hydrogen-bond acceptors (Lipinski definition) is 3. The number of nitrogens with zero attached hydrogens (tertiary/aromatic N) is 3. The van der Waals surface area contributed by atoms with Crippen molar-refractivity contribution >= 4 is 11.9 Å². The third kappa shape index (κ3) is 2.61. The average Bonchev–Trinajstić information content (AvgIpc) is 2.78. The van der Waals surface area contributed by atoms with Crippen molar-refractivity contribution in [1.82, 2.24) is 14.7 Å². The molecular weight excluding hydrogens is 278 g/mol. The molecule has 2 heterocycles. The van der Waals surface area contributed by atoms with E-state index in [1.165, 1.54) is 4.90 Å². The standard InChI is InChI=1S/C17H23N3O2/c1-18(2)15(13-8-4-3-5-9-13)12-20-16(21)14-10-6-7-11-19(14)17(20)22/h3-5,8-9,14-15H,6-7,10-12H2,1-2H3/t14-,15-/m1/s1. The van der Waals surface area contributed by atoms with Crippen molar-refractivity contribution in [1.29, 1.82) is 0 Å². The van der Waals surface area contributed by atoms with E-state index in [-0.39, 0.29) is 24.0 Å². The summed E-state index contributed by atoms with van der Waals surface area (Å²) < 4.78 is 0. The highest BCUT2D eigenvalue weighted by molar-refractivity contribution is 6.04. The van der Waals surface area contributed by atoms with Crippen LogP contribution < -0.4 is 0 Å². The molecule has 2 aliphatic rings. The first-order chi connectivity index (χ1) is 10.6. The second-order valence-corrected chi connectivity index (χ2v) is 6.33. The number of carbonyl (C=O) groups is 2. The number of carbonyl (C=O) groups excluding carboxylic acids is 2. The molecule has 2 aliphatic heterocycles. The zero-order valence-electron chi connectivity index (χ0n) is 13.2. The molecule has 3 amide bonds. The summed E-state index contributed by atoms with van der Waals surface area (Å²) in [5.41, 5.74) is 1.12. The van der Waals surface area contributed by atoms with Gasteiger partial charge in [0.1, 0.15) is 6.04 Å². The van der Waals surface area contributed by atoms with Crippen molar-refractivity contribution < 1.29 is 9.59 Å². The maximum Gasteiger partial charge on any atom is 0.327 e. The van der Waals surface area contributed by atoms with Gasteiger partial charge in [-0.3, -0.25) is 9.69 Å². The van der Waals surface area contributed by atoms with Crippen LogP contribution in [0.3, 0.4) is 0 Å². The second kappa shape index (κ2) is 6.08. The Morgan fingerprint density at radius 3 is 2.55 bits per heavy atom.